The van der Waals surface area contributed by atoms with Gasteiger partial charge in [0, 0.05) is 13.5 Å². The Bertz CT molecular complexity index is 504. The quantitative estimate of drug-likeness (QED) is 0.831. The minimum Gasteiger partial charge on any atom is -0.497 e. The summed E-state index contributed by atoms with van der Waals surface area (Å²) in [6, 6.07) is 5.61. The van der Waals surface area contributed by atoms with Gasteiger partial charge in [-0.25, -0.2) is 8.78 Å². The van der Waals surface area contributed by atoms with Gasteiger partial charge in [-0.1, -0.05) is 19.1 Å². The first-order valence-electron chi connectivity index (χ1n) is 6.70. The average molecular weight is 283 g/mol. The van der Waals surface area contributed by atoms with Crippen molar-refractivity contribution in [3.63, 3.8) is 0 Å². The fourth-order valence-electron chi connectivity index (χ4n) is 2.58. The van der Waals surface area contributed by atoms with Gasteiger partial charge in [0.1, 0.15) is 11.8 Å². The lowest BCUT2D eigenvalue weighted by atomic mass is 10.1. The molecule has 0 saturated heterocycles. The van der Waals surface area contributed by atoms with E-state index in [2.05, 4.69) is 0 Å². The van der Waals surface area contributed by atoms with Crippen LogP contribution in [0.3, 0.4) is 0 Å². The number of ether oxygens (including phenoxy) is 1. The molecule has 5 heteroatoms. The van der Waals surface area contributed by atoms with Crippen LogP contribution in [-0.4, -0.2) is 36.9 Å². The number of alkyl halides is 2. The summed E-state index contributed by atoms with van der Waals surface area (Å²) in [7, 11) is 2.95. The standard InChI is InChI=1S/C15H19F2NO2/c1-4-6-12(19)18(2)14-13(15(14,16)17)10-7-5-8-11(9-10)20-3/h5,7-9,13-14H,4,6H2,1-3H3. The molecule has 0 bridgehead atoms. The van der Waals surface area contributed by atoms with E-state index in [0.29, 0.717) is 24.2 Å². The normalized spacial score (nSPS) is 23.2. The number of amides is 1. The van der Waals surface area contributed by atoms with Crippen molar-refractivity contribution < 1.29 is 18.3 Å². The Kier molecular flexibility index (Phi) is 3.97. The minimum atomic E-state index is -2.87. The number of rotatable bonds is 5. The van der Waals surface area contributed by atoms with Crippen molar-refractivity contribution in [1.82, 2.24) is 4.90 Å². The van der Waals surface area contributed by atoms with Crippen LogP contribution < -0.4 is 4.74 Å². The Balaban J connectivity index is 2.19. The van der Waals surface area contributed by atoms with Crippen molar-refractivity contribution >= 4 is 5.91 Å². The predicted octanol–water partition coefficient (Wildman–Crippen LogP) is 3.05. The van der Waals surface area contributed by atoms with Crippen LogP contribution >= 0.6 is 0 Å². The second-order valence-electron chi connectivity index (χ2n) is 5.13. The molecule has 1 aliphatic carbocycles. The molecule has 0 aromatic heterocycles. The van der Waals surface area contributed by atoms with E-state index in [-0.39, 0.29) is 5.91 Å². The van der Waals surface area contributed by atoms with Gasteiger partial charge >= 0.3 is 0 Å². The number of methoxy groups -OCH3 is 1. The molecule has 1 aromatic rings. The predicted molar refractivity (Wildman–Crippen MR) is 72.1 cm³/mol. The van der Waals surface area contributed by atoms with E-state index in [1.165, 1.54) is 19.1 Å². The summed E-state index contributed by atoms with van der Waals surface area (Å²) in [5, 5.41) is 0. The third-order valence-electron chi connectivity index (χ3n) is 3.74. The lowest BCUT2D eigenvalue weighted by Gasteiger charge is -2.16. The van der Waals surface area contributed by atoms with Crippen LogP contribution in [0, 0.1) is 0 Å². The summed E-state index contributed by atoms with van der Waals surface area (Å²) >= 11 is 0. The maximum atomic E-state index is 14.0. The molecule has 0 spiro atoms. The van der Waals surface area contributed by atoms with Gasteiger partial charge in [-0.2, -0.15) is 0 Å². The number of hydrogen-bond donors (Lipinski definition) is 0. The molecule has 2 atom stereocenters. The van der Waals surface area contributed by atoms with E-state index < -0.39 is 17.9 Å². The highest BCUT2D eigenvalue weighted by Gasteiger charge is 2.71. The SMILES string of the molecule is CCCC(=O)N(C)C1C(c2cccc(OC)c2)C1(F)F. The van der Waals surface area contributed by atoms with E-state index in [4.69, 9.17) is 4.74 Å². The van der Waals surface area contributed by atoms with Gasteiger partial charge in [-0.15, -0.1) is 0 Å². The van der Waals surface area contributed by atoms with Crippen LogP contribution in [0.1, 0.15) is 31.2 Å². The van der Waals surface area contributed by atoms with Gasteiger partial charge in [0.2, 0.25) is 5.91 Å². The second-order valence-corrected chi connectivity index (χ2v) is 5.13. The van der Waals surface area contributed by atoms with Gasteiger partial charge in [0.15, 0.2) is 0 Å². The molecule has 3 nitrogen and oxygen atoms in total. The van der Waals surface area contributed by atoms with E-state index >= 15 is 0 Å². The maximum Gasteiger partial charge on any atom is 0.277 e. The van der Waals surface area contributed by atoms with Gasteiger partial charge in [-0.3, -0.25) is 4.79 Å². The molecular formula is C15H19F2NO2. The first kappa shape index (κ1) is 14.8. The van der Waals surface area contributed by atoms with E-state index in [1.54, 1.807) is 24.3 Å². The van der Waals surface area contributed by atoms with Crippen LogP contribution in [0.2, 0.25) is 0 Å². The topological polar surface area (TPSA) is 29.5 Å². The van der Waals surface area contributed by atoms with Gasteiger partial charge in [-0.05, 0) is 24.1 Å². The summed E-state index contributed by atoms with van der Waals surface area (Å²) in [4.78, 5) is 13.0. The molecule has 0 heterocycles. The second kappa shape index (κ2) is 5.38. The number of benzene rings is 1. The number of carbonyl (C=O) groups excluding carboxylic acids is 1. The highest BCUT2D eigenvalue weighted by Crippen LogP contribution is 2.58. The largest absolute Gasteiger partial charge is 0.497 e. The molecule has 110 valence electrons. The van der Waals surface area contributed by atoms with Crippen molar-refractivity contribution in [2.75, 3.05) is 14.2 Å². The van der Waals surface area contributed by atoms with Crippen LogP contribution in [0.4, 0.5) is 8.78 Å². The molecule has 0 aliphatic heterocycles. The van der Waals surface area contributed by atoms with Crippen molar-refractivity contribution in [2.24, 2.45) is 0 Å². The fraction of sp³-hybridized carbons (Fsp3) is 0.533. The smallest absolute Gasteiger partial charge is 0.277 e. The number of nitrogens with zero attached hydrogens (tertiary/aromatic N) is 1. The molecule has 2 unspecified atom stereocenters. The molecule has 1 aliphatic rings. The van der Waals surface area contributed by atoms with Crippen LogP contribution in [0.25, 0.3) is 0 Å². The van der Waals surface area contributed by atoms with Crippen molar-refractivity contribution in [1.29, 1.82) is 0 Å². The van der Waals surface area contributed by atoms with Crippen LogP contribution in [0.5, 0.6) is 5.75 Å². The summed E-state index contributed by atoms with van der Waals surface area (Å²) < 4.78 is 33.1. The van der Waals surface area contributed by atoms with Crippen molar-refractivity contribution in [2.45, 2.75) is 37.6 Å². The fourth-order valence-corrected chi connectivity index (χ4v) is 2.58. The molecule has 1 amide bonds. The summed E-state index contributed by atoms with van der Waals surface area (Å²) in [6.45, 7) is 1.86. The third kappa shape index (κ3) is 2.49. The third-order valence-corrected chi connectivity index (χ3v) is 3.74. The summed E-state index contributed by atoms with van der Waals surface area (Å²) in [6.07, 6.45) is 0.958. The van der Waals surface area contributed by atoms with Crippen molar-refractivity contribution in [3.05, 3.63) is 29.8 Å². The number of carbonyl (C=O) groups is 1. The maximum absolute atomic E-state index is 14.0. The number of hydrogen-bond acceptors (Lipinski definition) is 2. The minimum absolute atomic E-state index is 0.234. The van der Waals surface area contributed by atoms with Crippen molar-refractivity contribution in [3.8, 4) is 5.75 Å². The van der Waals surface area contributed by atoms with Crippen LogP contribution in [-0.2, 0) is 4.79 Å². The van der Waals surface area contributed by atoms with E-state index in [0.717, 1.165) is 0 Å². The first-order chi connectivity index (χ1) is 9.43. The first-order valence-corrected chi connectivity index (χ1v) is 6.70. The monoisotopic (exact) mass is 283 g/mol. The van der Waals surface area contributed by atoms with Crippen LogP contribution in [0.15, 0.2) is 24.3 Å². The Morgan fingerprint density at radius 3 is 2.75 bits per heavy atom. The summed E-state index contributed by atoms with van der Waals surface area (Å²) in [5.74, 6) is -3.50. The summed E-state index contributed by atoms with van der Waals surface area (Å²) in [5.41, 5.74) is 0.510. The Morgan fingerprint density at radius 1 is 1.45 bits per heavy atom. The Labute approximate surface area is 117 Å². The Hall–Kier alpha value is -1.65. The van der Waals surface area contributed by atoms with Gasteiger partial charge < -0.3 is 9.64 Å². The number of halogens is 2. The van der Waals surface area contributed by atoms with E-state index in [1.807, 2.05) is 6.92 Å². The zero-order valence-electron chi connectivity index (χ0n) is 11.9. The highest BCUT2D eigenvalue weighted by atomic mass is 19.3. The van der Waals surface area contributed by atoms with Gasteiger partial charge in [0.25, 0.3) is 5.92 Å². The molecule has 20 heavy (non-hydrogen) atoms. The lowest BCUT2D eigenvalue weighted by Crippen LogP contribution is -2.32. The molecule has 0 N–H and O–H groups in total. The average Bonchev–Trinajstić information content (AvgIpc) is 3.01. The lowest BCUT2D eigenvalue weighted by molar-refractivity contribution is -0.131. The zero-order chi connectivity index (χ0) is 14.9. The van der Waals surface area contributed by atoms with E-state index in [9.17, 15) is 13.6 Å². The zero-order valence-corrected chi connectivity index (χ0v) is 11.9. The molecule has 1 saturated carbocycles. The number of likely N-dealkylation sites (N-methyl/N-ethyl adjacent to an activating group) is 1. The molecule has 2 rings (SSSR count). The molecular weight excluding hydrogens is 264 g/mol. The highest BCUT2D eigenvalue weighted by molar-refractivity contribution is 5.77. The molecule has 0 radical (unpaired) electrons. The van der Waals surface area contributed by atoms with Gasteiger partial charge in [0.05, 0.1) is 13.0 Å². The Morgan fingerprint density at radius 2 is 2.15 bits per heavy atom. The molecule has 1 fully saturated rings. The molecule has 1 aromatic carbocycles.